The SMILES string of the molecule is COC(=O)c1ccc(CN2CCc3[nH]ncc3C2)s1. The molecule has 2 aromatic heterocycles. The van der Waals surface area contributed by atoms with E-state index in [9.17, 15) is 4.79 Å². The fourth-order valence-corrected chi connectivity index (χ4v) is 3.28. The maximum Gasteiger partial charge on any atom is 0.348 e. The van der Waals surface area contributed by atoms with Gasteiger partial charge in [-0.25, -0.2) is 4.79 Å². The van der Waals surface area contributed by atoms with Gasteiger partial charge in [0.1, 0.15) is 4.88 Å². The van der Waals surface area contributed by atoms with Gasteiger partial charge in [-0.05, 0) is 12.1 Å². The number of hydrogen-bond donors (Lipinski definition) is 1. The molecule has 0 aliphatic carbocycles. The van der Waals surface area contributed by atoms with E-state index in [0.29, 0.717) is 4.88 Å². The van der Waals surface area contributed by atoms with Crippen molar-refractivity contribution in [3.63, 3.8) is 0 Å². The zero-order chi connectivity index (χ0) is 13.2. The standard InChI is InChI=1S/C13H15N3O2S/c1-18-13(17)12-3-2-10(19-12)8-16-5-4-11-9(7-16)6-14-15-11/h2-3,6H,4-5,7-8H2,1H3,(H,14,15). The molecule has 0 aromatic carbocycles. The van der Waals surface area contributed by atoms with Crippen LogP contribution < -0.4 is 0 Å². The summed E-state index contributed by atoms with van der Waals surface area (Å²) in [7, 11) is 1.41. The summed E-state index contributed by atoms with van der Waals surface area (Å²) < 4.78 is 4.72. The Morgan fingerprint density at radius 1 is 1.58 bits per heavy atom. The number of carbonyl (C=O) groups is 1. The normalized spacial score (nSPS) is 15.2. The van der Waals surface area contributed by atoms with Crippen LogP contribution in [0.1, 0.15) is 25.8 Å². The summed E-state index contributed by atoms with van der Waals surface area (Å²) in [6.07, 6.45) is 2.90. The van der Waals surface area contributed by atoms with Gasteiger partial charge in [0.15, 0.2) is 0 Å². The molecule has 6 heteroatoms. The molecule has 3 heterocycles. The third kappa shape index (κ3) is 2.54. The molecule has 1 aliphatic heterocycles. The third-order valence-electron chi connectivity index (χ3n) is 3.31. The van der Waals surface area contributed by atoms with E-state index in [2.05, 4.69) is 15.1 Å². The highest BCUT2D eigenvalue weighted by atomic mass is 32.1. The van der Waals surface area contributed by atoms with Crippen LogP contribution in [-0.4, -0.2) is 34.7 Å². The molecule has 0 atom stereocenters. The Hall–Kier alpha value is -1.66. The average molecular weight is 277 g/mol. The minimum atomic E-state index is -0.257. The van der Waals surface area contributed by atoms with Crippen molar-refractivity contribution < 1.29 is 9.53 Å². The summed E-state index contributed by atoms with van der Waals surface area (Å²) >= 11 is 1.50. The number of carbonyl (C=O) groups excluding carboxylic acids is 1. The predicted octanol–water partition coefficient (Wildman–Crippen LogP) is 1.82. The van der Waals surface area contributed by atoms with E-state index in [1.165, 1.54) is 34.6 Å². The Labute approximate surface area is 115 Å². The molecule has 0 unspecified atom stereocenters. The topological polar surface area (TPSA) is 58.2 Å². The molecule has 19 heavy (non-hydrogen) atoms. The first-order valence-corrected chi connectivity index (χ1v) is 6.98. The van der Waals surface area contributed by atoms with Crippen molar-refractivity contribution >= 4 is 17.3 Å². The molecule has 2 aromatic rings. The number of esters is 1. The molecule has 3 rings (SSSR count). The molecule has 0 saturated carbocycles. The highest BCUT2D eigenvalue weighted by molar-refractivity contribution is 7.13. The lowest BCUT2D eigenvalue weighted by Crippen LogP contribution is -2.29. The van der Waals surface area contributed by atoms with Crippen molar-refractivity contribution in [2.45, 2.75) is 19.5 Å². The average Bonchev–Trinajstić information content (AvgIpc) is 3.06. The van der Waals surface area contributed by atoms with Crippen LogP contribution in [0.15, 0.2) is 18.3 Å². The summed E-state index contributed by atoms with van der Waals surface area (Å²) in [6, 6.07) is 3.83. The van der Waals surface area contributed by atoms with E-state index in [1.807, 2.05) is 18.3 Å². The molecule has 0 amide bonds. The number of nitrogens with zero attached hydrogens (tertiary/aromatic N) is 2. The van der Waals surface area contributed by atoms with Gasteiger partial charge in [-0.3, -0.25) is 10.00 Å². The first kappa shape index (κ1) is 12.4. The van der Waals surface area contributed by atoms with E-state index >= 15 is 0 Å². The summed E-state index contributed by atoms with van der Waals surface area (Å²) in [5.41, 5.74) is 2.52. The lowest BCUT2D eigenvalue weighted by atomic mass is 10.1. The van der Waals surface area contributed by atoms with E-state index < -0.39 is 0 Å². The van der Waals surface area contributed by atoms with Gasteiger partial charge in [0.05, 0.1) is 13.3 Å². The highest BCUT2D eigenvalue weighted by Gasteiger charge is 2.18. The molecule has 100 valence electrons. The van der Waals surface area contributed by atoms with Crippen LogP contribution in [-0.2, 0) is 24.2 Å². The Morgan fingerprint density at radius 3 is 3.32 bits per heavy atom. The van der Waals surface area contributed by atoms with Crippen LogP contribution in [0.25, 0.3) is 0 Å². The zero-order valence-corrected chi connectivity index (χ0v) is 11.5. The molecule has 0 saturated heterocycles. The predicted molar refractivity (Wildman–Crippen MR) is 72.1 cm³/mol. The number of H-pyrrole nitrogens is 1. The molecule has 0 radical (unpaired) electrons. The number of methoxy groups -OCH3 is 1. The van der Waals surface area contributed by atoms with Gasteiger partial charge in [-0.1, -0.05) is 0 Å². The number of hydrogen-bond acceptors (Lipinski definition) is 5. The molecular formula is C13H15N3O2S. The monoisotopic (exact) mass is 277 g/mol. The number of thiophene rings is 1. The van der Waals surface area contributed by atoms with Gasteiger partial charge in [0.2, 0.25) is 0 Å². The highest BCUT2D eigenvalue weighted by Crippen LogP contribution is 2.22. The van der Waals surface area contributed by atoms with Crippen LogP contribution in [0, 0.1) is 0 Å². The first-order valence-electron chi connectivity index (χ1n) is 6.17. The van der Waals surface area contributed by atoms with Gasteiger partial charge < -0.3 is 4.74 Å². The summed E-state index contributed by atoms with van der Waals surface area (Å²) in [6.45, 7) is 2.80. The van der Waals surface area contributed by atoms with E-state index in [-0.39, 0.29) is 5.97 Å². The van der Waals surface area contributed by atoms with Crippen molar-refractivity contribution in [3.05, 3.63) is 39.3 Å². The molecule has 0 spiro atoms. The summed E-state index contributed by atoms with van der Waals surface area (Å²) in [5, 5.41) is 7.11. The first-order chi connectivity index (χ1) is 9.26. The van der Waals surface area contributed by atoms with Crippen molar-refractivity contribution in [2.75, 3.05) is 13.7 Å². The number of rotatable bonds is 3. The van der Waals surface area contributed by atoms with Gasteiger partial charge in [-0.2, -0.15) is 5.10 Å². The number of nitrogens with one attached hydrogen (secondary N) is 1. The maximum absolute atomic E-state index is 11.4. The second kappa shape index (κ2) is 5.14. The molecule has 5 nitrogen and oxygen atoms in total. The molecule has 1 N–H and O–H groups in total. The lowest BCUT2D eigenvalue weighted by molar-refractivity contribution is 0.0606. The van der Waals surface area contributed by atoms with E-state index in [4.69, 9.17) is 4.74 Å². The van der Waals surface area contributed by atoms with Crippen molar-refractivity contribution in [1.29, 1.82) is 0 Å². The van der Waals surface area contributed by atoms with Gasteiger partial charge in [0.25, 0.3) is 0 Å². The van der Waals surface area contributed by atoms with Gasteiger partial charge in [-0.15, -0.1) is 11.3 Å². The fourth-order valence-electron chi connectivity index (χ4n) is 2.31. The number of fused-ring (bicyclic) bond motifs is 1. The largest absolute Gasteiger partial charge is 0.465 e. The quantitative estimate of drug-likeness (QED) is 0.869. The van der Waals surface area contributed by atoms with Crippen molar-refractivity contribution in [1.82, 2.24) is 15.1 Å². The van der Waals surface area contributed by atoms with Gasteiger partial charge >= 0.3 is 5.97 Å². The summed E-state index contributed by atoms with van der Waals surface area (Å²) in [5.74, 6) is -0.257. The third-order valence-corrected chi connectivity index (χ3v) is 4.36. The Kier molecular flexibility index (Phi) is 3.35. The minimum absolute atomic E-state index is 0.257. The van der Waals surface area contributed by atoms with Crippen molar-refractivity contribution in [2.24, 2.45) is 0 Å². The molecule has 0 bridgehead atoms. The molecule has 0 fully saturated rings. The number of aromatic amines is 1. The smallest absolute Gasteiger partial charge is 0.348 e. The fraction of sp³-hybridized carbons (Fsp3) is 0.385. The number of aromatic nitrogens is 2. The Morgan fingerprint density at radius 2 is 2.47 bits per heavy atom. The Bertz CT molecular complexity index is 590. The molecule has 1 aliphatic rings. The second-order valence-electron chi connectivity index (χ2n) is 4.59. The van der Waals surface area contributed by atoms with E-state index in [0.717, 1.165) is 26.1 Å². The van der Waals surface area contributed by atoms with Crippen LogP contribution in [0.5, 0.6) is 0 Å². The van der Waals surface area contributed by atoms with Crippen molar-refractivity contribution in [3.8, 4) is 0 Å². The van der Waals surface area contributed by atoms with Gasteiger partial charge in [0, 0.05) is 42.2 Å². The van der Waals surface area contributed by atoms with Crippen LogP contribution in [0.2, 0.25) is 0 Å². The number of ether oxygens (including phenoxy) is 1. The van der Waals surface area contributed by atoms with Crippen LogP contribution in [0.3, 0.4) is 0 Å². The Balaban J connectivity index is 1.66. The minimum Gasteiger partial charge on any atom is -0.465 e. The lowest BCUT2D eigenvalue weighted by Gasteiger charge is -2.25. The van der Waals surface area contributed by atoms with Crippen LogP contribution >= 0.6 is 11.3 Å². The molecular weight excluding hydrogens is 262 g/mol. The maximum atomic E-state index is 11.4. The van der Waals surface area contributed by atoms with Crippen LogP contribution in [0.4, 0.5) is 0 Å². The zero-order valence-electron chi connectivity index (χ0n) is 10.7. The second-order valence-corrected chi connectivity index (χ2v) is 5.76. The summed E-state index contributed by atoms with van der Waals surface area (Å²) in [4.78, 5) is 15.6. The van der Waals surface area contributed by atoms with E-state index in [1.54, 1.807) is 0 Å².